The zero-order valence-corrected chi connectivity index (χ0v) is 8.95. The van der Waals surface area contributed by atoms with Gasteiger partial charge in [0.05, 0.1) is 6.42 Å². The number of ether oxygens (including phenoxy) is 1. The minimum atomic E-state index is -1.13. The molecule has 0 spiro atoms. The molecule has 0 amide bonds. The minimum Gasteiger partial charge on any atom is -0.481 e. The van der Waals surface area contributed by atoms with Crippen LogP contribution in [0.1, 0.15) is 26.7 Å². The molecule has 0 unspecified atom stereocenters. The Morgan fingerprint density at radius 2 is 1.93 bits per heavy atom. The van der Waals surface area contributed by atoms with E-state index in [1.807, 2.05) is 0 Å². The molecule has 2 N–H and O–H groups in total. The van der Waals surface area contributed by atoms with Crippen molar-refractivity contribution in [2.45, 2.75) is 32.3 Å². The summed E-state index contributed by atoms with van der Waals surface area (Å²) in [4.78, 5) is 21.6. The lowest BCUT2D eigenvalue weighted by Crippen LogP contribution is -2.30. The number of carboxylic acids is 1. The summed E-state index contributed by atoms with van der Waals surface area (Å²) < 4.78 is 4.98. The lowest BCUT2D eigenvalue weighted by atomic mass is 10.1. The first-order chi connectivity index (χ1) is 6.78. The Morgan fingerprint density at radius 1 is 1.40 bits per heavy atom. The Morgan fingerprint density at radius 3 is 2.33 bits per heavy atom. The molecule has 0 aromatic rings. The predicted molar refractivity (Wildman–Crippen MR) is 53.3 cm³/mol. The number of aliphatic hydroxyl groups excluding tert-OH is 1. The van der Waals surface area contributed by atoms with Crippen molar-refractivity contribution in [3.05, 3.63) is 12.2 Å². The van der Waals surface area contributed by atoms with Crippen LogP contribution in [0.4, 0.5) is 0 Å². The highest BCUT2D eigenvalue weighted by molar-refractivity contribution is 5.93. The van der Waals surface area contributed by atoms with Gasteiger partial charge in [-0.2, -0.15) is 0 Å². The molecular weight excluding hydrogens is 200 g/mol. The average Bonchev–Trinajstić information content (AvgIpc) is 2.01. The van der Waals surface area contributed by atoms with Crippen LogP contribution in [-0.4, -0.2) is 34.4 Å². The summed E-state index contributed by atoms with van der Waals surface area (Å²) in [7, 11) is 0. The fourth-order valence-electron chi connectivity index (χ4n) is 0.898. The van der Waals surface area contributed by atoms with E-state index in [1.54, 1.807) is 13.8 Å². The molecule has 86 valence electrons. The van der Waals surface area contributed by atoms with Crippen LogP contribution < -0.4 is 0 Å². The first-order valence-electron chi connectivity index (χ1n) is 4.52. The SMILES string of the molecule is C=C(CC(=O)O)C(=O)OC(C)(C)CCO. The molecule has 15 heavy (non-hydrogen) atoms. The van der Waals surface area contributed by atoms with Gasteiger partial charge in [-0.05, 0) is 13.8 Å². The lowest BCUT2D eigenvalue weighted by Gasteiger charge is -2.24. The highest BCUT2D eigenvalue weighted by atomic mass is 16.6. The molecule has 0 radical (unpaired) electrons. The van der Waals surface area contributed by atoms with Crippen LogP contribution in [-0.2, 0) is 14.3 Å². The van der Waals surface area contributed by atoms with Gasteiger partial charge in [0.1, 0.15) is 5.60 Å². The van der Waals surface area contributed by atoms with Gasteiger partial charge >= 0.3 is 11.9 Å². The van der Waals surface area contributed by atoms with E-state index in [1.165, 1.54) is 0 Å². The van der Waals surface area contributed by atoms with Crippen LogP contribution in [0.3, 0.4) is 0 Å². The largest absolute Gasteiger partial charge is 0.481 e. The summed E-state index contributed by atoms with van der Waals surface area (Å²) in [5.74, 6) is -1.87. The predicted octanol–water partition coefficient (Wildman–Crippen LogP) is 0.721. The summed E-state index contributed by atoms with van der Waals surface area (Å²) in [5, 5.41) is 17.1. The maximum absolute atomic E-state index is 11.3. The van der Waals surface area contributed by atoms with Gasteiger partial charge < -0.3 is 14.9 Å². The zero-order valence-electron chi connectivity index (χ0n) is 8.95. The van der Waals surface area contributed by atoms with Crippen molar-refractivity contribution < 1.29 is 24.5 Å². The molecule has 5 nitrogen and oxygen atoms in total. The number of hydrogen-bond donors (Lipinski definition) is 2. The maximum atomic E-state index is 11.3. The molecule has 0 aliphatic carbocycles. The van der Waals surface area contributed by atoms with Crippen LogP contribution >= 0.6 is 0 Å². The van der Waals surface area contributed by atoms with E-state index < -0.39 is 24.0 Å². The second-order valence-electron chi connectivity index (χ2n) is 3.80. The van der Waals surface area contributed by atoms with E-state index >= 15 is 0 Å². The lowest BCUT2D eigenvalue weighted by molar-refractivity contribution is -0.154. The van der Waals surface area contributed by atoms with Gasteiger partial charge in [-0.15, -0.1) is 0 Å². The molecule has 0 fully saturated rings. The van der Waals surface area contributed by atoms with Gasteiger partial charge in [0, 0.05) is 18.6 Å². The number of carboxylic acid groups (broad SMARTS) is 1. The topological polar surface area (TPSA) is 83.8 Å². The number of rotatable bonds is 6. The Kier molecular flexibility index (Phi) is 5.00. The quantitative estimate of drug-likeness (QED) is 0.505. The summed E-state index contributed by atoms with van der Waals surface area (Å²) in [6.45, 7) is 6.48. The molecule has 0 heterocycles. The summed E-state index contributed by atoms with van der Waals surface area (Å²) in [6, 6.07) is 0. The smallest absolute Gasteiger partial charge is 0.334 e. The van der Waals surface area contributed by atoms with E-state index in [4.69, 9.17) is 14.9 Å². The van der Waals surface area contributed by atoms with Crippen molar-refractivity contribution in [3.8, 4) is 0 Å². The Balaban J connectivity index is 4.24. The molecular formula is C10H16O5. The van der Waals surface area contributed by atoms with Crippen molar-refractivity contribution in [1.82, 2.24) is 0 Å². The van der Waals surface area contributed by atoms with Crippen molar-refractivity contribution in [2.75, 3.05) is 6.61 Å². The molecule has 0 aliphatic rings. The third-order valence-corrected chi connectivity index (χ3v) is 1.74. The van der Waals surface area contributed by atoms with Gasteiger partial charge in [-0.3, -0.25) is 4.79 Å². The third kappa shape index (κ3) is 5.85. The van der Waals surface area contributed by atoms with Crippen molar-refractivity contribution in [2.24, 2.45) is 0 Å². The fraction of sp³-hybridized carbons (Fsp3) is 0.600. The molecule has 0 aromatic heterocycles. The van der Waals surface area contributed by atoms with E-state index in [9.17, 15) is 9.59 Å². The standard InChI is InChI=1S/C10H16O5/c1-7(6-8(12)13)9(14)15-10(2,3)4-5-11/h11H,1,4-6H2,2-3H3,(H,12,13). The second-order valence-corrected chi connectivity index (χ2v) is 3.80. The molecule has 0 atom stereocenters. The zero-order chi connectivity index (χ0) is 12.1. The fourth-order valence-corrected chi connectivity index (χ4v) is 0.898. The second kappa shape index (κ2) is 5.50. The molecule has 5 heteroatoms. The van der Waals surface area contributed by atoms with E-state index in [0.717, 1.165) is 0 Å². The van der Waals surface area contributed by atoms with Crippen LogP contribution in [0.25, 0.3) is 0 Å². The van der Waals surface area contributed by atoms with Gasteiger partial charge in [-0.25, -0.2) is 4.79 Å². The molecule has 0 saturated carbocycles. The monoisotopic (exact) mass is 216 g/mol. The first kappa shape index (κ1) is 13.6. The molecule has 0 bridgehead atoms. The first-order valence-corrected chi connectivity index (χ1v) is 4.52. The molecule has 0 aromatic carbocycles. The highest BCUT2D eigenvalue weighted by Crippen LogP contribution is 2.16. The van der Waals surface area contributed by atoms with Crippen molar-refractivity contribution in [1.29, 1.82) is 0 Å². The Labute approximate surface area is 88.4 Å². The van der Waals surface area contributed by atoms with E-state index in [-0.39, 0.29) is 12.2 Å². The van der Waals surface area contributed by atoms with Gasteiger partial charge in [-0.1, -0.05) is 6.58 Å². The number of carbonyl (C=O) groups excluding carboxylic acids is 1. The number of aliphatic hydroxyl groups is 1. The maximum Gasteiger partial charge on any atom is 0.334 e. The van der Waals surface area contributed by atoms with Gasteiger partial charge in [0.25, 0.3) is 0 Å². The molecule has 0 aliphatic heterocycles. The summed E-state index contributed by atoms with van der Waals surface area (Å²) in [5.41, 5.74) is -0.915. The van der Waals surface area contributed by atoms with E-state index in [0.29, 0.717) is 6.42 Å². The number of carbonyl (C=O) groups is 2. The van der Waals surface area contributed by atoms with Gasteiger partial charge in [0.2, 0.25) is 0 Å². The average molecular weight is 216 g/mol. The number of hydrogen-bond acceptors (Lipinski definition) is 4. The van der Waals surface area contributed by atoms with Crippen molar-refractivity contribution >= 4 is 11.9 Å². The number of esters is 1. The number of aliphatic carboxylic acids is 1. The summed E-state index contributed by atoms with van der Waals surface area (Å²) >= 11 is 0. The summed E-state index contributed by atoms with van der Waals surface area (Å²) in [6.07, 6.45) is -0.146. The molecule has 0 saturated heterocycles. The molecule has 0 rings (SSSR count). The van der Waals surface area contributed by atoms with Crippen molar-refractivity contribution in [3.63, 3.8) is 0 Å². The third-order valence-electron chi connectivity index (χ3n) is 1.74. The Bertz CT molecular complexity index is 267. The van der Waals surface area contributed by atoms with Crippen LogP contribution in [0.5, 0.6) is 0 Å². The Hall–Kier alpha value is -1.36. The van der Waals surface area contributed by atoms with E-state index in [2.05, 4.69) is 6.58 Å². The van der Waals surface area contributed by atoms with Crippen LogP contribution in [0.15, 0.2) is 12.2 Å². The van der Waals surface area contributed by atoms with Gasteiger partial charge in [0.15, 0.2) is 0 Å². The normalized spacial score (nSPS) is 10.9. The van der Waals surface area contributed by atoms with Crippen LogP contribution in [0, 0.1) is 0 Å². The minimum absolute atomic E-state index is 0.103. The highest BCUT2D eigenvalue weighted by Gasteiger charge is 2.24. The van der Waals surface area contributed by atoms with Crippen LogP contribution in [0.2, 0.25) is 0 Å².